The Kier molecular flexibility index (Phi) is 5.23. The standard InChI is InChI=1S/C21H23N5O2/c27-15-25-7-9-26(10-8-25)21(28)17-11-18(14-22-12-17)23-6-5-16-13-24-20-4-2-1-3-19(16)20/h1-4,11-15,23-24H,5-10H2. The number of piperazine rings is 1. The number of nitrogens with one attached hydrogen (secondary N) is 2. The molecule has 4 rings (SSSR count). The third kappa shape index (κ3) is 3.83. The van der Waals surface area contributed by atoms with Crippen molar-refractivity contribution in [2.24, 2.45) is 0 Å². The van der Waals surface area contributed by atoms with Crippen molar-refractivity contribution in [3.63, 3.8) is 0 Å². The van der Waals surface area contributed by atoms with Gasteiger partial charge in [-0.05, 0) is 24.1 Å². The number of aromatic nitrogens is 2. The van der Waals surface area contributed by atoms with Gasteiger partial charge in [0.2, 0.25) is 6.41 Å². The zero-order chi connectivity index (χ0) is 19.3. The summed E-state index contributed by atoms with van der Waals surface area (Å²) in [7, 11) is 0. The summed E-state index contributed by atoms with van der Waals surface area (Å²) in [6, 6.07) is 10.1. The zero-order valence-corrected chi connectivity index (χ0v) is 15.6. The van der Waals surface area contributed by atoms with Crippen molar-refractivity contribution in [3.8, 4) is 0 Å². The van der Waals surface area contributed by atoms with Gasteiger partial charge in [0.25, 0.3) is 5.91 Å². The quantitative estimate of drug-likeness (QED) is 0.645. The van der Waals surface area contributed by atoms with Crippen LogP contribution < -0.4 is 5.32 Å². The highest BCUT2D eigenvalue weighted by Gasteiger charge is 2.21. The molecule has 28 heavy (non-hydrogen) atoms. The van der Waals surface area contributed by atoms with Gasteiger partial charge in [0.05, 0.1) is 11.3 Å². The van der Waals surface area contributed by atoms with Crippen molar-refractivity contribution in [2.45, 2.75) is 6.42 Å². The van der Waals surface area contributed by atoms with Gasteiger partial charge in [0, 0.05) is 62.2 Å². The maximum Gasteiger partial charge on any atom is 0.255 e. The molecule has 1 saturated heterocycles. The molecular weight excluding hydrogens is 354 g/mol. The van der Waals surface area contributed by atoms with E-state index in [1.165, 1.54) is 10.9 Å². The number of carbonyl (C=O) groups is 2. The van der Waals surface area contributed by atoms with Crippen molar-refractivity contribution in [3.05, 3.63) is 60.0 Å². The minimum absolute atomic E-state index is 0.0432. The Labute approximate surface area is 163 Å². The fraction of sp³-hybridized carbons (Fsp3) is 0.286. The first-order valence-corrected chi connectivity index (χ1v) is 9.47. The molecule has 0 atom stereocenters. The number of rotatable bonds is 6. The number of hydrogen-bond acceptors (Lipinski definition) is 4. The van der Waals surface area contributed by atoms with Crippen LogP contribution in [-0.4, -0.2) is 64.8 Å². The van der Waals surface area contributed by atoms with Gasteiger partial charge in [-0.15, -0.1) is 0 Å². The van der Waals surface area contributed by atoms with Crippen molar-refractivity contribution < 1.29 is 9.59 Å². The van der Waals surface area contributed by atoms with E-state index in [4.69, 9.17) is 0 Å². The van der Waals surface area contributed by atoms with Crippen LogP contribution in [0.1, 0.15) is 15.9 Å². The van der Waals surface area contributed by atoms with Gasteiger partial charge in [-0.1, -0.05) is 18.2 Å². The molecule has 144 valence electrons. The molecule has 2 amide bonds. The largest absolute Gasteiger partial charge is 0.383 e. The number of fused-ring (bicyclic) bond motifs is 1. The van der Waals surface area contributed by atoms with Crippen molar-refractivity contribution in [2.75, 3.05) is 38.0 Å². The SMILES string of the molecule is O=CN1CCN(C(=O)c2cncc(NCCc3c[nH]c4ccccc34)c2)CC1. The molecule has 3 heterocycles. The van der Waals surface area contributed by atoms with Crippen molar-refractivity contribution in [1.29, 1.82) is 0 Å². The Balaban J connectivity index is 1.36. The van der Waals surface area contributed by atoms with E-state index in [-0.39, 0.29) is 5.91 Å². The number of para-hydroxylation sites is 1. The summed E-state index contributed by atoms with van der Waals surface area (Å²) in [6.45, 7) is 3.00. The van der Waals surface area contributed by atoms with Gasteiger partial charge >= 0.3 is 0 Å². The fourth-order valence-electron chi connectivity index (χ4n) is 3.55. The maximum atomic E-state index is 12.7. The molecule has 3 aromatic rings. The van der Waals surface area contributed by atoms with E-state index < -0.39 is 0 Å². The highest BCUT2D eigenvalue weighted by atomic mass is 16.2. The molecule has 0 radical (unpaired) electrons. The predicted molar refractivity (Wildman–Crippen MR) is 108 cm³/mol. The number of hydrogen-bond donors (Lipinski definition) is 2. The van der Waals surface area contributed by atoms with Gasteiger partial charge in [-0.3, -0.25) is 14.6 Å². The van der Waals surface area contributed by atoms with Crippen LogP contribution in [0.3, 0.4) is 0 Å². The van der Waals surface area contributed by atoms with Gasteiger partial charge < -0.3 is 20.1 Å². The second-order valence-electron chi connectivity index (χ2n) is 6.93. The van der Waals surface area contributed by atoms with Crippen LogP contribution in [0.15, 0.2) is 48.9 Å². The summed E-state index contributed by atoms with van der Waals surface area (Å²) in [4.78, 5) is 34.5. The van der Waals surface area contributed by atoms with Crippen LogP contribution in [-0.2, 0) is 11.2 Å². The number of benzene rings is 1. The molecule has 2 N–H and O–H groups in total. The Morgan fingerprint density at radius 3 is 2.82 bits per heavy atom. The maximum absolute atomic E-state index is 12.7. The molecule has 1 aromatic carbocycles. The summed E-state index contributed by atoms with van der Waals surface area (Å²) in [5.74, 6) is -0.0432. The number of H-pyrrole nitrogens is 1. The van der Waals surface area contributed by atoms with E-state index in [1.54, 1.807) is 22.2 Å². The van der Waals surface area contributed by atoms with Gasteiger partial charge in [0.1, 0.15) is 0 Å². The molecule has 0 aliphatic carbocycles. The van der Waals surface area contributed by atoms with Gasteiger partial charge in [-0.25, -0.2) is 0 Å². The number of carbonyl (C=O) groups excluding carboxylic acids is 2. The Bertz CT molecular complexity index is 976. The summed E-state index contributed by atoms with van der Waals surface area (Å²) >= 11 is 0. The van der Waals surface area contributed by atoms with Crippen LogP contribution in [0.4, 0.5) is 5.69 Å². The normalized spacial score (nSPS) is 14.3. The van der Waals surface area contributed by atoms with E-state index >= 15 is 0 Å². The molecule has 1 aliphatic rings. The van der Waals surface area contributed by atoms with Crippen LogP contribution in [0.25, 0.3) is 10.9 Å². The van der Waals surface area contributed by atoms with E-state index in [1.807, 2.05) is 24.4 Å². The summed E-state index contributed by atoms with van der Waals surface area (Å²) in [5.41, 5.74) is 3.80. The van der Waals surface area contributed by atoms with Crippen molar-refractivity contribution in [1.82, 2.24) is 19.8 Å². The van der Waals surface area contributed by atoms with Crippen LogP contribution in [0.2, 0.25) is 0 Å². The molecule has 7 nitrogen and oxygen atoms in total. The third-order valence-corrected chi connectivity index (χ3v) is 5.13. The molecular formula is C21H23N5O2. The third-order valence-electron chi connectivity index (χ3n) is 5.13. The first-order chi connectivity index (χ1) is 13.7. The predicted octanol–water partition coefficient (Wildman–Crippen LogP) is 2.13. The Hall–Kier alpha value is -3.35. The van der Waals surface area contributed by atoms with Gasteiger partial charge in [-0.2, -0.15) is 0 Å². The molecule has 1 aliphatic heterocycles. The lowest BCUT2D eigenvalue weighted by Gasteiger charge is -2.32. The van der Waals surface area contributed by atoms with Crippen LogP contribution >= 0.6 is 0 Å². The number of aromatic amines is 1. The molecule has 2 aromatic heterocycles. The second kappa shape index (κ2) is 8.12. The number of anilines is 1. The minimum atomic E-state index is -0.0432. The molecule has 0 spiro atoms. The minimum Gasteiger partial charge on any atom is -0.383 e. The van der Waals surface area contributed by atoms with Crippen LogP contribution in [0.5, 0.6) is 0 Å². The average molecular weight is 377 g/mol. The van der Waals surface area contributed by atoms with E-state index in [0.29, 0.717) is 31.7 Å². The number of nitrogens with zero attached hydrogens (tertiary/aromatic N) is 3. The van der Waals surface area contributed by atoms with E-state index in [2.05, 4.69) is 27.4 Å². The topological polar surface area (TPSA) is 81.3 Å². The Morgan fingerprint density at radius 1 is 1.18 bits per heavy atom. The molecule has 0 unspecified atom stereocenters. The molecule has 0 bridgehead atoms. The van der Waals surface area contributed by atoms with Crippen molar-refractivity contribution >= 4 is 28.9 Å². The lowest BCUT2D eigenvalue weighted by Crippen LogP contribution is -2.48. The number of pyridine rings is 1. The summed E-state index contributed by atoms with van der Waals surface area (Å²) in [5, 5.41) is 4.60. The monoisotopic (exact) mass is 377 g/mol. The lowest BCUT2D eigenvalue weighted by atomic mass is 10.1. The lowest BCUT2D eigenvalue weighted by molar-refractivity contribution is -0.119. The highest BCUT2D eigenvalue weighted by molar-refractivity contribution is 5.94. The number of amides is 2. The highest BCUT2D eigenvalue weighted by Crippen LogP contribution is 2.18. The molecule has 7 heteroatoms. The fourth-order valence-corrected chi connectivity index (χ4v) is 3.55. The zero-order valence-electron chi connectivity index (χ0n) is 15.6. The average Bonchev–Trinajstić information content (AvgIpc) is 3.17. The molecule has 0 saturated carbocycles. The summed E-state index contributed by atoms with van der Waals surface area (Å²) in [6.07, 6.45) is 7.08. The van der Waals surface area contributed by atoms with E-state index in [0.717, 1.165) is 30.6 Å². The smallest absolute Gasteiger partial charge is 0.255 e. The Morgan fingerprint density at radius 2 is 2.00 bits per heavy atom. The summed E-state index contributed by atoms with van der Waals surface area (Å²) < 4.78 is 0. The first-order valence-electron chi connectivity index (χ1n) is 9.47. The van der Waals surface area contributed by atoms with Gasteiger partial charge in [0.15, 0.2) is 0 Å². The second-order valence-corrected chi connectivity index (χ2v) is 6.93. The first kappa shape index (κ1) is 18.0. The molecule has 1 fully saturated rings. The van der Waals surface area contributed by atoms with E-state index in [9.17, 15) is 9.59 Å². The van der Waals surface area contributed by atoms with Crippen LogP contribution in [0, 0.1) is 0 Å².